The highest BCUT2D eigenvalue weighted by Gasteiger charge is 2.26. The smallest absolute Gasteiger partial charge is 0.258 e. The Labute approximate surface area is 188 Å². The first-order valence-electron chi connectivity index (χ1n) is 10.6. The molecule has 0 aliphatic rings. The zero-order valence-electron chi connectivity index (χ0n) is 19.5. The number of carbonyl (C=O) groups is 1. The molecule has 0 bridgehead atoms. The summed E-state index contributed by atoms with van der Waals surface area (Å²) in [5.41, 5.74) is 7.18. The second-order valence-corrected chi connectivity index (χ2v) is 8.17. The van der Waals surface area contributed by atoms with Crippen LogP contribution in [-0.4, -0.2) is 40.1 Å². The first-order valence-corrected chi connectivity index (χ1v) is 10.6. The van der Waals surface area contributed by atoms with Crippen LogP contribution in [0.4, 0.5) is 0 Å². The summed E-state index contributed by atoms with van der Waals surface area (Å²) in [5.74, 6) is -0.0448. The molecule has 0 radical (unpaired) electrons. The van der Waals surface area contributed by atoms with Crippen LogP contribution in [0.25, 0.3) is 5.69 Å². The molecule has 0 saturated heterocycles. The molecule has 3 heterocycles. The lowest BCUT2D eigenvalue weighted by Gasteiger charge is -2.24. The number of aromatic nitrogens is 6. The summed E-state index contributed by atoms with van der Waals surface area (Å²) in [6.07, 6.45) is 1.77. The van der Waals surface area contributed by atoms with Crippen LogP contribution in [0, 0.1) is 27.7 Å². The van der Waals surface area contributed by atoms with Crippen LogP contribution >= 0.6 is 0 Å². The zero-order valence-corrected chi connectivity index (χ0v) is 19.5. The van der Waals surface area contributed by atoms with Gasteiger partial charge in [0.2, 0.25) is 0 Å². The number of amides is 1. The second-order valence-electron chi connectivity index (χ2n) is 8.17. The molecule has 166 valence electrons. The number of hydrogen-bond acceptors (Lipinski definition) is 4. The van der Waals surface area contributed by atoms with E-state index in [4.69, 9.17) is 0 Å². The summed E-state index contributed by atoms with van der Waals surface area (Å²) in [6, 6.07) is 11.9. The fourth-order valence-corrected chi connectivity index (χ4v) is 4.13. The number of rotatable bonds is 6. The Morgan fingerprint density at radius 2 is 1.53 bits per heavy atom. The van der Waals surface area contributed by atoms with E-state index in [1.54, 1.807) is 10.9 Å². The van der Waals surface area contributed by atoms with E-state index in [0.717, 1.165) is 39.7 Å². The summed E-state index contributed by atoms with van der Waals surface area (Å²) in [6.45, 7) is 8.70. The molecule has 0 N–H and O–H groups in total. The molecule has 1 amide bonds. The normalized spacial score (nSPS) is 11.2. The van der Waals surface area contributed by atoms with Crippen molar-refractivity contribution in [3.63, 3.8) is 0 Å². The molecule has 0 aliphatic carbocycles. The van der Waals surface area contributed by atoms with Gasteiger partial charge in [-0.2, -0.15) is 15.3 Å². The summed E-state index contributed by atoms with van der Waals surface area (Å²) < 4.78 is 5.50. The molecule has 8 nitrogen and oxygen atoms in total. The quantitative estimate of drug-likeness (QED) is 0.469. The summed E-state index contributed by atoms with van der Waals surface area (Å²) in [5, 5.41) is 13.5. The molecular weight excluding hydrogens is 402 g/mol. The predicted molar refractivity (Wildman–Crippen MR) is 123 cm³/mol. The van der Waals surface area contributed by atoms with Gasteiger partial charge in [0.1, 0.15) is 0 Å². The van der Waals surface area contributed by atoms with Gasteiger partial charge in [-0.05, 0) is 45.9 Å². The van der Waals surface area contributed by atoms with Crippen molar-refractivity contribution in [3.05, 3.63) is 82.2 Å². The van der Waals surface area contributed by atoms with Gasteiger partial charge < -0.3 is 4.90 Å². The summed E-state index contributed by atoms with van der Waals surface area (Å²) >= 11 is 0. The number of benzene rings is 1. The van der Waals surface area contributed by atoms with Crippen molar-refractivity contribution in [2.45, 2.75) is 40.8 Å². The molecule has 1 aromatic carbocycles. The molecule has 0 saturated carbocycles. The molecule has 0 spiro atoms. The largest absolute Gasteiger partial charge is 0.328 e. The SMILES string of the molecule is Cc1nn(C)c(C)c1CN(Cc1ccnn1-c1ccccc1)C(=O)c1c(C)nn(C)c1C. The third kappa shape index (κ3) is 3.84. The lowest BCUT2D eigenvalue weighted by molar-refractivity contribution is 0.0724. The van der Waals surface area contributed by atoms with Gasteiger partial charge in [-0.25, -0.2) is 4.68 Å². The number of nitrogens with zero attached hydrogens (tertiary/aromatic N) is 7. The van der Waals surface area contributed by atoms with Gasteiger partial charge in [-0.1, -0.05) is 18.2 Å². The molecule has 32 heavy (non-hydrogen) atoms. The van der Waals surface area contributed by atoms with Crippen LogP contribution in [0.5, 0.6) is 0 Å². The van der Waals surface area contributed by atoms with Crippen molar-refractivity contribution in [3.8, 4) is 5.69 Å². The Hall–Kier alpha value is -3.68. The van der Waals surface area contributed by atoms with Crippen molar-refractivity contribution >= 4 is 5.91 Å². The van der Waals surface area contributed by atoms with Crippen molar-refractivity contribution < 1.29 is 4.79 Å². The number of carbonyl (C=O) groups excluding carboxylic acids is 1. The van der Waals surface area contributed by atoms with Gasteiger partial charge >= 0.3 is 0 Å². The van der Waals surface area contributed by atoms with Gasteiger partial charge in [0.15, 0.2) is 0 Å². The maximum absolute atomic E-state index is 13.8. The monoisotopic (exact) mass is 431 g/mol. The molecule has 0 fully saturated rings. The minimum atomic E-state index is -0.0448. The Balaban J connectivity index is 1.75. The highest BCUT2D eigenvalue weighted by Crippen LogP contribution is 2.22. The van der Waals surface area contributed by atoms with Gasteiger partial charge in [-0.15, -0.1) is 0 Å². The number of para-hydroxylation sites is 1. The molecule has 0 unspecified atom stereocenters. The second kappa shape index (κ2) is 8.45. The number of aryl methyl sites for hydroxylation is 4. The Kier molecular flexibility index (Phi) is 5.69. The summed E-state index contributed by atoms with van der Waals surface area (Å²) in [7, 11) is 3.79. The predicted octanol–water partition coefficient (Wildman–Crippen LogP) is 3.42. The van der Waals surface area contributed by atoms with E-state index in [-0.39, 0.29) is 5.91 Å². The van der Waals surface area contributed by atoms with Gasteiger partial charge in [0.25, 0.3) is 5.91 Å². The Morgan fingerprint density at radius 1 is 0.875 bits per heavy atom. The molecular formula is C24H29N7O. The van der Waals surface area contributed by atoms with Crippen LogP contribution in [0.15, 0.2) is 42.6 Å². The van der Waals surface area contributed by atoms with Crippen LogP contribution in [0.1, 0.15) is 44.4 Å². The highest BCUT2D eigenvalue weighted by atomic mass is 16.2. The lowest BCUT2D eigenvalue weighted by Crippen LogP contribution is -2.32. The Bertz CT molecular complexity index is 1260. The molecule has 4 rings (SSSR count). The third-order valence-electron chi connectivity index (χ3n) is 6.09. The van der Waals surface area contributed by atoms with Crippen molar-refractivity contribution in [2.24, 2.45) is 14.1 Å². The van der Waals surface area contributed by atoms with Crippen molar-refractivity contribution in [2.75, 3.05) is 0 Å². The lowest BCUT2D eigenvalue weighted by atomic mass is 10.1. The standard InChI is InChI=1S/C24H29N7O/c1-16-22(18(3)28(5)26-16)15-30(24(32)23-17(2)27-29(6)19(23)4)14-21-12-13-25-31(21)20-10-8-7-9-11-20/h7-13H,14-15H2,1-6H3. The van der Waals surface area contributed by atoms with Gasteiger partial charge in [0, 0.05) is 37.2 Å². The van der Waals surface area contributed by atoms with Gasteiger partial charge in [0.05, 0.1) is 41.4 Å². The fraction of sp³-hybridized carbons (Fsp3) is 0.333. The van der Waals surface area contributed by atoms with Crippen LogP contribution < -0.4 is 0 Å². The van der Waals surface area contributed by atoms with E-state index in [2.05, 4.69) is 15.3 Å². The topological polar surface area (TPSA) is 73.8 Å². The van der Waals surface area contributed by atoms with E-state index in [0.29, 0.717) is 18.7 Å². The minimum absolute atomic E-state index is 0.0448. The maximum Gasteiger partial charge on any atom is 0.258 e. The minimum Gasteiger partial charge on any atom is -0.328 e. The average molecular weight is 432 g/mol. The van der Waals surface area contributed by atoms with Crippen LogP contribution in [0.2, 0.25) is 0 Å². The Morgan fingerprint density at radius 3 is 2.12 bits per heavy atom. The van der Waals surface area contributed by atoms with E-state index in [1.807, 2.05) is 92.5 Å². The van der Waals surface area contributed by atoms with E-state index in [9.17, 15) is 4.79 Å². The molecule has 8 heteroatoms. The summed E-state index contributed by atoms with van der Waals surface area (Å²) in [4.78, 5) is 15.7. The maximum atomic E-state index is 13.8. The molecule has 3 aromatic heterocycles. The first-order chi connectivity index (χ1) is 15.3. The van der Waals surface area contributed by atoms with Crippen LogP contribution in [-0.2, 0) is 27.2 Å². The van der Waals surface area contributed by atoms with Gasteiger partial charge in [-0.3, -0.25) is 14.2 Å². The molecule has 0 atom stereocenters. The van der Waals surface area contributed by atoms with Crippen molar-refractivity contribution in [1.29, 1.82) is 0 Å². The first kappa shape index (κ1) is 21.5. The highest BCUT2D eigenvalue weighted by molar-refractivity contribution is 5.96. The average Bonchev–Trinajstić information content (AvgIpc) is 3.40. The number of hydrogen-bond donors (Lipinski definition) is 0. The van der Waals surface area contributed by atoms with Crippen molar-refractivity contribution in [1.82, 2.24) is 34.2 Å². The third-order valence-corrected chi connectivity index (χ3v) is 6.09. The molecule has 4 aromatic rings. The van der Waals surface area contributed by atoms with E-state index >= 15 is 0 Å². The van der Waals surface area contributed by atoms with E-state index < -0.39 is 0 Å². The van der Waals surface area contributed by atoms with Crippen LogP contribution in [0.3, 0.4) is 0 Å². The van der Waals surface area contributed by atoms with E-state index in [1.165, 1.54) is 0 Å². The zero-order chi connectivity index (χ0) is 23.0. The fourth-order valence-electron chi connectivity index (χ4n) is 4.13. The molecule has 0 aliphatic heterocycles.